The summed E-state index contributed by atoms with van der Waals surface area (Å²) in [5.41, 5.74) is 0.577. The molecular formula is C7H14N2O2. The summed E-state index contributed by atoms with van der Waals surface area (Å²) in [6.07, 6.45) is 1.45. The van der Waals surface area contributed by atoms with Crippen molar-refractivity contribution in [2.75, 3.05) is 6.54 Å². The summed E-state index contributed by atoms with van der Waals surface area (Å²) >= 11 is 0. The highest BCUT2D eigenvalue weighted by atomic mass is 16.5. The van der Waals surface area contributed by atoms with Gasteiger partial charge < -0.3 is 10.4 Å². The topological polar surface area (TPSA) is 58.7 Å². The minimum atomic E-state index is -0.00583. The smallest absolute Gasteiger partial charge is 0.160 e. The lowest BCUT2D eigenvalue weighted by molar-refractivity contribution is -0.457. The molecule has 0 rings (SSSR count). The van der Waals surface area contributed by atoms with Crippen LogP contribution in [0.15, 0.2) is 5.16 Å². The number of hydrogen-bond donors (Lipinski definition) is 1. The quantitative estimate of drug-likeness (QED) is 0.219. The molecule has 4 heteroatoms. The Bertz CT molecular complexity index is 175. The van der Waals surface area contributed by atoms with E-state index in [9.17, 15) is 5.21 Å². The summed E-state index contributed by atoms with van der Waals surface area (Å²) in [5, 5.41) is 22.1. The van der Waals surface area contributed by atoms with Crippen LogP contribution in [0.2, 0.25) is 0 Å². The predicted octanol–water partition coefficient (Wildman–Crippen LogP) is 1.07. The first-order chi connectivity index (χ1) is 5.11. The van der Waals surface area contributed by atoms with Crippen molar-refractivity contribution < 1.29 is 9.95 Å². The number of rotatable bonds is 3. The predicted molar refractivity (Wildman–Crippen MR) is 44.3 cm³/mol. The highest BCUT2D eigenvalue weighted by Gasteiger charge is 2.09. The van der Waals surface area contributed by atoms with E-state index in [4.69, 9.17) is 5.21 Å². The van der Waals surface area contributed by atoms with Crippen LogP contribution in [0.5, 0.6) is 0 Å². The fraction of sp³-hybridized carbons (Fsp3) is 0.714. The van der Waals surface area contributed by atoms with E-state index in [0.717, 1.165) is 4.74 Å². The van der Waals surface area contributed by atoms with Crippen LogP contribution in [0.3, 0.4) is 0 Å². The lowest BCUT2D eigenvalue weighted by Gasteiger charge is -2.08. The fourth-order valence-electron chi connectivity index (χ4n) is 0.606. The van der Waals surface area contributed by atoms with Crippen LogP contribution < -0.4 is 0 Å². The Morgan fingerprint density at radius 1 is 1.82 bits per heavy atom. The largest absolute Gasteiger partial charge is 0.624 e. The second-order valence-corrected chi connectivity index (χ2v) is 2.50. The summed E-state index contributed by atoms with van der Waals surface area (Å²) in [7, 11) is 0. The van der Waals surface area contributed by atoms with E-state index in [2.05, 4.69) is 5.16 Å². The van der Waals surface area contributed by atoms with Gasteiger partial charge in [-0.15, -0.1) is 0 Å². The van der Waals surface area contributed by atoms with E-state index in [1.54, 1.807) is 13.8 Å². The van der Waals surface area contributed by atoms with Gasteiger partial charge in [0.05, 0.1) is 11.6 Å². The summed E-state index contributed by atoms with van der Waals surface area (Å²) in [6.45, 7) is 5.54. The molecule has 0 bridgehead atoms. The van der Waals surface area contributed by atoms with Gasteiger partial charge in [0.15, 0.2) is 6.54 Å². The van der Waals surface area contributed by atoms with Gasteiger partial charge >= 0.3 is 0 Å². The van der Waals surface area contributed by atoms with Crippen LogP contribution in [-0.4, -0.2) is 28.4 Å². The van der Waals surface area contributed by atoms with Crippen molar-refractivity contribution in [3.63, 3.8) is 0 Å². The molecule has 0 aromatic heterocycles. The third-order valence-corrected chi connectivity index (χ3v) is 1.61. The SMILES string of the molecule is C/C=[N+](\[O-])CC(C)/C(C)=N\O. The molecule has 0 aromatic carbocycles. The third kappa shape index (κ3) is 3.60. The zero-order valence-electron chi connectivity index (χ0n) is 7.11. The zero-order chi connectivity index (χ0) is 8.85. The second kappa shape index (κ2) is 4.71. The van der Waals surface area contributed by atoms with Crippen LogP contribution in [-0.2, 0) is 0 Å². The van der Waals surface area contributed by atoms with Gasteiger partial charge in [-0.3, -0.25) is 0 Å². The molecule has 1 atom stereocenters. The van der Waals surface area contributed by atoms with Gasteiger partial charge in [0.1, 0.15) is 6.21 Å². The first kappa shape index (κ1) is 9.94. The number of oxime groups is 1. The molecule has 0 amide bonds. The molecule has 64 valence electrons. The molecule has 4 nitrogen and oxygen atoms in total. The van der Waals surface area contributed by atoms with Crippen LogP contribution in [0.4, 0.5) is 0 Å². The minimum Gasteiger partial charge on any atom is -0.624 e. The maximum Gasteiger partial charge on any atom is 0.160 e. The zero-order valence-corrected chi connectivity index (χ0v) is 7.11. The van der Waals surface area contributed by atoms with Crippen molar-refractivity contribution in [2.24, 2.45) is 11.1 Å². The van der Waals surface area contributed by atoms with Crippen LogP contribution in [0.1, 0.15) is 20.8 Å². The summed E-state index contributed by atoms with van der Waals surface area (Å²) in [5.74, 6) is -0.00583. The lowest BCUT2D eigenvalue weighted by atomic mass is 10.1. The van der Waals surface area contributed by atoms with Crippen molar-refractivity contribution in [3.05, 3.63) is 5.21 Å². The molecule has 0 saturated carbocycles. The van der Waals surface area contributed by atoms with Gasteiger partial charge in [-0.25, -0.2) is 4.74 Å². The van der Waals surface area contributed by atoms with Gasteiger partial charge in [-0.05, 0) is 6.92 Å². The molecule has 0 fully saturated rings. The minimum absolute atomic E-state index is 0.00583. The number of nitrogens with zero attached hydrogens (tertiary/aromatic N) is 2. The van der Waals surface area contributed by atoms with E-state index < -0.39 is 0 Å². The van der Waals surface area contributed by atoms with Crippen molar-refractivity contribution in [3.8, 4) is 0 Å². The van der Waals surface area contributed by atoms with E-state index in [-0.39, 0.29) is 5.92 Å². The Morgan fingerprint density at radius 2 is 2.36 bits per heavy atom. The maximum atomic E-state index is 10.8. The van der Waals surface area contributed by atoms with Gasteiger partial charge in [-0.1, -0.05) is 12.1 Å². The molecule has 0 heterocycles. The molecular weight excluding hydrogens is 144 g/mol. The van der Waals surface area contributed by atoms with Crippen LogP contribution in [0, 0.1) is 11.1 Å². The Balaban J connectivity index is 3.97. The molecule has 11 heavy (non-hydrogen) atoms. The van der Waals surface area contributed by atoms with Gasteiger partial charge in [0, 0.05) is 6.92 Å². The molecule has 0 saturated heterocycles. The third-order valence-electron chi connectivity index (χ3n) is 1.61. The molecule has 0 spiro atoms. The monoisotopic (exact) mass is 158 g/mol. The Kier molecular flexibility index (Phi) is 4.26. The highest BCUT2D eigenvalue weighted by Crippen LogP contribution is 1.97. The average Bonchev–Trinajstić information content (AvgIpc) is 2.02. The normalized spacial score (nSPS) is 16.6. The van der Waals surface area contributed by atoms with Crippen molar-refractivity contribution in [2.45, 2.75) is 20.8 Å². The molecule has 0 radical (unpaired) electrons. The summed E-state index contributed by atoms with van der Waals surface area (Å²) < 4.78 is 0.819. The maximum absolute atomic E-state index is 10.8. The van der Waals surface area contributed by atoms with Crippen molar-refractivity contribution in [1.82, 2.24) is 0 Å². The van der Waals surface area contributed by atoms with Gasteiger partial charge in [0.2, 0.25) is 0 Å². The van der Waals surface area contributed by atoms with Crippen molar-refractivity contribution >= 4 is 11.9 Å². The Labute approximate surface area is 66.4 Å². The van der Waals surface area contributed by atoms with E-state index >= 15 is 0 Å². The lowest BCUT2D eigenvalue weighted by Crippen LogP contribution is -2.19. The van der Waals surface area contributed by atoms with Gasteiger partial charge in [-0.2, -0.15) is 0 Å². The fourth-order valence-corrected chi connectivity index (χ4v) is 0.606. The molecule has 0 aromatic rings. The summed E-state index contributed by atoms with van der Waals surface area (Å²) in [6, 6.07) is 0. The second-order valence-electron chi connectivity index (χ2n) is 2.50. The molecule has 0 aliphatic carbocycles. The number of hydrogen-bond acceptors (Lipinski definition) is 3. The highest BCUT2D eigenvalue weighted by molar-refractivity contribution is 5.83. The molecule has 1 N–H and O–H groups in total. The van der Waals surface area contributed by atoms with E-state index in [0.29, 0.717) is 12.3 Å². The van der Waals surface area contributed by atoms with Crippen LogP contribution >= 0.6 is 0 Å². The van der Waals surface area contributed by atoms with E-state index in [1.165, 1.54) is 6.21 Å². The Hall–Kier alpha value is -1.06. The summed E-state index contributed by atoms with van der Waals surface area (Å²) in [4.78, 5) is 0. The van der Waals surface area contributed by atoms with Crippen LogP contribution in [0.25, 0.3) is 0 Å². The standard InChI is InChI=1S/C7H14N2O2/c1-4-9(11)5-6(2)7(3)8-10/h4,6,10H,5H2,1-3H3/b8-7-,9-4-. The molecule has 0 aliphatic heterocycles. The first-order valence-electron chi connectivity index (χ1n) is 3.53. The molecule has 0 aliphatic rings. The Morgan fingerprint density at radius 3 is 2.73 bits per heavy atom. The van der Waals surface area contributed by atoms with E-state index in [1.807, 2.05) is 6.92 Å². The first-order valence-corrected chi connectivity index (χ1v) is 3.53. The number of hydroxylamine groups is 1. The van der Waals surface area contributed by atoms with Crippen molar-refractivity contribution in [1.29, 1.82) is 0 Å². The average molecular weight is 158 g/mol. The molecule has 1 unspecified atom stereocenters. The van der Waals surface area contributed by atoms with Gasteiger partial charge in [0.25, 0.3) is 0 Å².